The molecule has 7 heteroatoms. The van der Waals surface area contributed by atoms with Crippen molar-refractivity contribution in [1.29, 1.82) is 0 Å². The predicted molar refractivity (Wildman–Crippen MR) is 114 cm³/mol. The molecule has 3 aromatic rings. The molecule has 2 N–H and O–H groups in total. The molecule has 0 radical (unpaired) electrons. The Bertz CT molecular complexity index is 984. The van der Waals surface area contributed by atoms with Crippen molar-refractivity contribution in [1.82, 2.24) is 20.4 Å². The Morgan fingerprint density at radius 1 is 1.14 bits per heavy atom. The first kappa shape index (κ1) is 18.7. The van der Waals surface area contributed by atoms with E-state index in [1.54, 1.807) is 13.2 Å². The first-order valence-electron chi connectivity index (χ1n) is 9.64. The van der Waals surface area contributed by atoms with E-state index in [9.17, 15) is 4.79 Å². The zero-order valence-corrected chi connectivity index (χ0v) is 16.3. The predicted octanol–water partition coefficient (Wildman–Crippen LogP) is 2.34. The summed E-state index contributed by atoms with van der Waals surface area (Å²) >= 11 is 0. The lowest BCUT2D eigenvalue weighted by molar-refractivity contribution is -0.117. The molecule has 0 spiro atoms. The fraction of sp³-hybridized carbons (Fsp3) is 0.227. The first-order chi connectivity index (χ1) is 14.2. The van der Waals surface area contributed by atoms with E-state index in [1.807, 2.05) is 64.3 Å². The molecule has 1 aliphatic heterocycles. The van der Waals surface area contributed by atoms with Crippen molar-refractivity contribution in [2.24, 2.45) is 4.99 Å². The van der Waals surface area contributed by atoms with Crippen LogP contribution in [0.3, 0.4) is 0 Å². The average molecular weight is 388 g/mol. The van der Waals surface area contributed by atoms with Crippen molar-refractivity contribution in [3.05, 3.63) is 78.6 Å². The Labute approximate surface area is 170 Å². The van der Waals surface area contributed by atoms with Gasteiger partial charge in [0.25, 0.3) is 0 Å². The van der Waals surface area contributed by atoms with E-state index in [0.717, 1.165) is 16.9 Å². The highest BCUT2D eigenvalue weighted by atomic mass is 16.2. The van der Waals surface area contributed by atoms with Gasteiger partial charge >= 0.3 is 0 Å². The molecule has 0 saturated carbocycles. The Kier molecular flexibility index (Phi) is 5.56. The number of aromatic nitrogens is 2. The van der Waals surface area contributed by atoms with Crippen molar-refractivity contribution < 1.29 is 4.79 Å². The van der Waals surface area contributed by atoms with Gasteiger partial charge in [-0.25, -0.2) is 4.68 Å². The summed E-state index contributed by atoms with van der Waals surface area (Å²) in [7, 11) is 1.74. The van der Waals surface area contributed by atoms with Crippen LogP contribution in [0.2, 0.25) is 0 Å². The van der Waals surface area contributed by atoms with Crippen LogP contribution in [0.1, 0.15) is 12.0 Å². The van der Waals surface area contributed by atoms with Gasteiger partial charge in [0.1, 0.15) is 0 Å². The maximum atomic E-state index is 12.4. The number of benzene rings is 2. The number of carbonyl (C=O) groups excluding carboxylic acids is 1. The minimum atomic E-state index is 0.0179. The minimum absolute atomic E-state index is 0.0179. The number of amides is 1. The molecule has 1 amide bonds. The number of para-hydroxylation sites is 1. The average Bonchev–Trinajstić information content (AvgIpc) is 3.42. The van der Waals surface area contributed by atoms with Crippen molar-refractivity contribution in [2.45, 2.75) is 19.0 Å². The minimum Gasteiger partial charge on any atom is -0.352 e. The molecule has 1 aromatic heterocycles. The van der Waals surface area contributed by atoms with Crippen LogP contribution in [0.15, 0.2) is 78.0 Å². The molecule has 2 aromatic carbocycles. The van der Waals surface area contributed by atoms with E-state index in [0.29, 0.717) is 25.5 Å². The lowest BCUT2D eigenvalue weighted by Crippen LogP contribution is -2.44. The number of guanidine groups is 1. The van der Waals surface area contributed by atoms with Gasteiger partial charge in [0.05, 0.1) is 11.7 Å². The third kappa shape index (κ3) is 4.45. The van der Waals surface area contributed by atoms with Crippen LogP contribution in [-0.4, -0.2) is 41.3 Å². The second kappa shape index (κ2) is 8.60. The number of hydrogen-bond acceptors (Lipinski definition) is 3. The van der Waals surface area contributed by atoms with Crippen molar-refractivity contribution in [3.63, 3.8) is 0 Å². The fourth-order valence-corrected chi connectivity index (χ4v) is 3.47. The summed E-state index contributed by atoms with van der Waals surface area (Å²) in [5.41, 5.74) is 3.06. The molecule has 4 rings (SSSR count). The Morgan fingerprint density at radius 3 is 2.72 bits per heavy atom. The summed E-state index contributed by atoms with van der Waals surface area (Å²) in [4.78, 5) is 18.5. The second-order valence-corrected chi connectivity index (χ2v) is 6.93. The second-order valence-electron chi connectivity index (χ2n) is 6.93. The van der Waals surface area contributed by atoms with Gasteiger partial charge < -0.3 is 15.5 Å². The normalized spacial score (nSPS) is 16.9. The molecule has 1 unspecified atom stereocenters. The highest BCUT2D eigenvalue weighted by molar-refractivity contribution is 5.97. The largest absolute Gasteiger partial charge is 0.352 e. The first-order valence-corrected chi connectivity index (χ1v) is 9.64. The van der Waals surface area contributed by atoms with Gasteiger partial charge in [-0.15, -0.1) is 0 Å². The monoisotopic (exact) mass is 388 g/mol. The zero-order valence-electron chi connectivity index (χ0n) is 16.3. The van der Waals surface area contributed by atoms with Gasteiger partial charge in [0, 0.05) is 44.6 Å². The molecule has 1 aliphatic rings. The third-order valence-electron chi connectivity index (χ3n) is 4.90. The number of aliphatic imine (C=N–C) groups is 1. The van der Waals surface area contributed by atoms with Gasteiger partial charge in [-0.2, -0.15) is 5.10 Å². The van der Waals surface area contributed by atoms with Gasteiger partial charge in [0.15, 0.2) is 5.96 Å². The summed E-state index contributed by atoms with van der Waals surface area (Å²) in [5, 5.41) is 11.0. The summed E-state index contributed by atoms with van der Waals surface area (Å²) in [6, 6.07) is 19.9. The molecule has 2 heterocycles. The van der Waals surface area contributed by atoms with Crippen LogP contribution in [0, 0.1) is 0 Å². The Hall–Kier alpha value is -3.61. The van der Waals surface area contributed by atoms with Gasteiger partial charge in [-0.05, 0) is 35.9 Å². The number of anilines is 1. The van der Waals surface area contributed by atoms with Crippen molar-refractivity contribution >= 4 is 17.6 Å². The zero-order chi connectivity index (χ0) is 20.1. The van der Waals surface area contributed by atoms with Crippen LogP contribution in [-0.2, 0) is 11.3 Å². The topological polar surface area (TPSA) is 74.5 Å². The smallest absolute Gasteiger partial charge is 0.229 e. The molecule has 0 bridgehead atoms. The van der Waals surface area contributed by atoms with Crippen LogP contribution < -0.4 is 15.5 Å². The van der Waals surface area contributed by atoms with E-state index in [4.69, 9.17) is 0 Å². The van der Waals surface area contributed by atoms with E-state index in [1.165, 1.54) is 0 Å². The number of carbonyl (C=O) groups is 1. The molecular formula is C22H24N6O. The maximum Gasteiger partial charge on any atom is 0.229 e. The molecule has 148 valence electrons. The van der Waals surface area contributed by atoms with Gasteiger partial charge in [-0.1, -0.05) is 30.3 Å². The lowest BCUT2D eigenvalue weighted by atomic mass is 10.2. The van der Waals surface area contributed by atoms with Gasteiger partial charge in [-0.3, -0.25) is 9.79 Å². The molecular weight excluding hydrogens is 364 g/mol. The standard InChI is InChI=1S/C22H24N6O/c1-23-22(24-15-17-7-5-10-20(13-17)28-12-6-11-25-28)26-18-14-21(29)27(16-18)19-8-3-2-4-9-19/h2-13,18H,14-16H2,1H3,(H2,23,24,26). The summed E-state index contributed by atoms with van der Waals surface area (Å²) in [6.07, 6.45) is 4.13. The van der Waals surface area contributed by atoms with Gasteiger partial charge in [0.2, 0.25) is 5.91 Å². The SMILES string of the molecule is CN=C(NCc1cccc(-n2cccn2)c1)NC1CC(=O)N(c2ccccc2)C1. The molecule has 0 aliphatic carbocycles. The quantitative estimate of drug-likeness (QED) is 0.520. The Morgan fingerprint density at radius 2 is 1.97 bits per heavy atom. The Balaban J connectivity index is 1.35. The third-order valence-corrected chi connectivity index (χ3v) is 4.90. The van der Waals surface area contributed by atoms with Crippen LogP contribution >= 0.6 is 0 Å². The van der Waals surface area contributed by atoms with E-state index in [2.05, 4.69) is 32.9 Å². The van der Waals surface area contributed by atoms with Crippen LogP contribution in [0.5, 0.6) is 0 Å². The molecule has 1 atom stereocenters. The molecule has 1 saturated heterocycles. The van der Waals surface area contributed by atoms with E-state index < -0.39 is 0 Å². The van der Waals surface area contributed by atoms with Crippen LogP contribution in [0.25, 0.3) is 5.69 Å². The molecule has 29 heavy (non-hydrogen) atoms. The highest BCUT2D eigenvalue weighted by Gasteiger charge is 2.30. The van der Waals surface area contributed by atoms with E-state index in [-0.39, 0.29) is 11.9 Å². The highest BCUT2D eigenvalue weighted by Crippen LogP contribution is 2.21. The molecule has 1 fully saturated rings. The van der Waals surface area contributed by atoms with Crippen molar-refractivity contribution in [2.75, 3.05) is 18.5 Å². The number of nitrogens with one attached hydrogen (secondary N) is 2. The summed E-state index contributed by atoms with van der Waals surface area (Å²) in [5.74, 6) is 0.804. The number of nitrogens with zero attached hydrogens (tertiary/aromatic N) is 4. The summed E-state index contributed by atoms with van der Waals surface area (Å²) in [6.45, 7) is 1.25. The van der Waals surface area contributed by atoms with E-state index >= 15 is 0 Å². The lowest BCUT2D eigenvalue weighted by Gasteiger charge is -2.19. The van der Waals surface area contributed by atoms with Crippen molar-refractivity contribution in [3.8, 4) is 5.69 Å². The summed E-state index contributed by atoms with van der Waals surface area (Å²) < 4.78 is 1.83. The number of hydrogen-bond donors (Lipinski definition) is 2. The van der Waals surface area contributed by atoms with Crippen LogP contribution in [0.4, 0.5) is 5.69 Å². The molecule has 7 nitrogen and oxygen atoms in total. The fourth-order valence-electron chi connectivity index (χ4n) is 3.47. The maximum absolute atomic E-state index is 12.4. The number of rotatable bonds is 5.